The predicted molar refractivity (Wildman–Crippen MR) is 55.3 cm³/mol. The zero-order valence-corrected chi connectivity index (χ0v) is 8.86. The van der Waals surface area contributed by atoms with Crippen LogP contribution in [-0.2, 0) is 5.75 Å². The van der Waals surface area contributed by atoms with Gasteiger partial charge in [0.25, 0.3) is 0 Å². The van der Waals surface area contributed by atoms with E-state index in [2.05, 4.69) is 22.0 Å². The van der Waals surface area contributed by atoms with Crippen molar-refractivity contribution in [1.29, 1.82) is 0 Å². The van der Waals surface area contributed by atoms with Crippen LogP contribution in [0.2, 0.25) is 0 Å². The topological polar surface area (TPSA) is 20.2 Å². The Morgan fingerprint density at radius 2 is 2.33 bits per heavy atom. The van der Waals surface area contributed by atoms with Crippen LogP contribution in [0.4, 0.5) is 0 Å². The molecule has 0 amide bonds. The van der Waals surface area contributed by atoms with Crippen LogP contribution < -0.4 is 0 Å². The van der Waals surface area contributed by atoms with Gasteiger partial charge in [-0.3, -0.25) is 0 Å². The van der Waals surface area contributed by atoms with Crippen molar-refractivity contribution in [3.63, 3.8) is 0 Å². The van der Waals surface area contributed by atoms with Crippen molar-refractivity contribution in [1.82, 2.24) is 0 Å². The minimum atomic E-state index is -0.281. The number of thioether (sulfide) groups is 1. The molecule has 0 spiro atoms. The number of benzene rings is 1. The van der Waals surface area contributed by atoms with E-state index in [-0.39, 0.29) is 6.10 Å². The molecule has 12 heavy (non-hydrogen) atoms. The summed E-state index contributed by atoms with van der Waals surface area (Å²) in [7, 11) is 0. The van der Waals surface area contributed by atoms with Gasteiger partial charge in [-0.1, -0.05) is 22.0 Å². The lowest BCUT2D eigenvalue weighted by molar-refractivity contribution is 0.201. The first-order chi connectivity index (χ1) is 5.77. The van der Waals surface area contributed by atoms with Gasteiger partial charge in [-0.25, -0.2) is 0 Å². The Balaban J connectivity index is 2.47. The van der Waals surface area contributed by atoms with Crippen molar-refractivity contribution in [2.75, 3.05) is 5.75 Å². The highest BCUT2D eigenvalue weighted by molar-refractivity contribution is 9.10. The first-order valence-corrected chi connectivity index (χ1v) is 5.76. The molecule has 0 aliphatic carbocycles. The van der Waals surface area contributed by atoms with E-state index in [9.17, 15) is 5.11 Å². The molecular weight excluding hydrogens is 236 g/mol. The van der Waals surface area contributed by atoms with E-state index in [0.717, 1.165) is 21.5 Å². The second-order valence-electron chi connectivity index (χ2n) is 2.87. The number of aliphatic hydroxyl groups excluding tert-OH is 1. The van der Waals surface area contributed by atoms with Gasteiger partial charge in [-0.2, -0.15) is 11.8 Å². The zero-order valence-electron chi connectivity index (χ0n) is 6.46. The number of halogens is 1. The molecule has 0 saturated heterocycles. The van der Waals surface area contributed by atoms with E-state index in [1.807, 2.05) is 12.1 Å². The Morgan fingerprint density at radius 3 is 3.17 bits per heavy atom. The molecule has 0 radical (unpaired) electrons. The van der Waals surface area contributed by atoms with Crippen molar-refractivity contribution in [2.24, 2.45) is 0 Å². The third-order valence-electron chi connectivity index (χ3n) is 2.00. The van der Waals surface area contributed by atoms with Gasteiger partial charge in [0.05, 0.1) is 6.10 Å². The molecule has 0 saturated carbocycles. The number of rotatable bonds is 0. The highest BCUT2D eigenvalue weighted by atomic mass is 79.9. The number of fused-ring (bicyclic) bond motifs is 1. The van der Waals surface area contributed by atoms with Crippen molar-refractivity contribution >= 4 is 27.7 Å². The van der Waals surface area contributed by atoms with Crippen LogP contribution in [0.5, 0.6) is 0 Å². The molecule has 0 fully saturated rings. The van der Waals surface area contributed by atoms with Crippen LogP contribution in [0.25, 0.3) is 0 Å². The largest absolute Gasteiger partial charge is 0.388 e. The fourth-order valence-electron chi connectivity index (χ4n) is 1.38. The summed E-state index contributed by atoms with van der Waals surface area (Å²) in [6.07, 6.45) is -0.281. The molecule has 0 unspecified atom stereocenters. The third kappa shape index (κ3) is 1.53. The van der Waals surface area contributed by atoms with Gasteiger partial charge >= 0.3 is 0 Å². The van der Waals surface area contributed by atoms with Crippen LogP contribution in [0.1, 0.15) is 17.2 Å². The molecule has 64 valence electrons. The SMILES string of the molecule is O[C@@H]1CSCc2ccc(Br)cc21. The van der Waals surface area contributed by atoms with E-state index in [1.54, 1.807) is 11.8 Å². The fraction of sp³-hybridized carbons (Fsp3) is 0.333. The lowest BCUT2D eigenvalue weighted by atomic mass is 10.0. The summed E-state index contributed by atoms with van der Waals surface area (Å²) in [5.74, 6) is 1.85. The van der Waals surface area contributed by atoms with Crippen molar-refractivity contribution < 1.29 is 5.11 Å². The summed E-state index contributed by atoms with van der Waals surface area (Å²) in [6, 6.07) is 6.12. The lowest BCUT2D eigenvalue weighted by Gasteiger charge is -2.20. The highest BCUT2D eigenvalue weighted by Crippen LogP contribution is 2.32. The van der Waals surface area contributed by atoms with Crippen LogP contribution in [0.3, 0.4) is 0 Å². The Labute approximate surface area is 84.3 Å². The maximum absolute atomic E-state index is 9.64. The van der Waals surface area contributed by atoms with Crippen molar-refractivity contribution in [3.05, 3.63) is 33.8 Å². The van der Waals surface area contributed by atoms with Gasteiger partial charge in [0.2, 0.25) is 0 Å². The lowest BCUT2D eigenvalue weighted by Crippen LogP contribution is -2.09. The van der Waals surface area contributed by atoms with Gasteiger partial charge in [-0.15, -0.1) is 0 Å². The van der Waals surface area contributed by atoms with Gasteiger partial charge in [-0.05, 0) is 23.3 Å². The summed E-state index contributed by atoms with van der Waals surface area (Å²) in [6.45, 7) is 0. The minimum Gasteiger partial charge on any atom is -0.388 e. The first kappa shape index (κ1) is 8.60. The summed E-state index contributed by atoms with van der Waals surface area (Å²) in [4.78, 5) is 0. The highest BCUT2D eigenvalue weighted by Gasteiger charge is 2.17. The van der Waals surface area contributed by atoms with E-state index >= 15 is 0 Å². The van der Waals surface area contributed by atoms with Crippen molar-refractivity contribution in [2.45, 2.75) is 11.9 Å². The summed E-state index contributed by atoms with van der Waals surface area (Å²) in [5, 5.41) is 9.64. The molecule has 2 rings (SSSR count). The monoisotopic (exact) mass is 244 g/mol. The Morgan fingerprint density at radius 1 is 1.50 bits per heavy atom. The molecule has 3 heteroatoms. The van der Waals surface area contributed by atoms with E-state index in [1.165, 1.54) is 5.56 Å². The predicted octanol–water partition coefficient (Wildman–Crippen LogP) is 2.73. The van der Waals surface area contributed by atoms with E-state index in [4.69, 9.17) is 0 Å². The first-order valence-electron chi connectivity index (χ1n) is 3.81. The van der Waals surface area contributed by atoms with Gasteiger partial charge in [0, 0.05) is 16.0 Å². The Kier molecular flexibility index (Phi) is 2.44. The molecule has 1 heterocycles. The van der Waals surface area contributed by atoms with Gasteiger partial charge < -0.3 is 5.11 Å². The van der Waals surface area contributed by atoms with Crippen LogP contribution in [0, 0.1) is 0 Å². The second-order valence-corrected chi connectivity index (χ2v) is 4.82. The standard InChI is InChI=1S/C9H9BrOS/c10-7-2-1-6-4-12-5-9(11)8(6)3-7/h1-3,9,11H,4-5H2/t9-/m1/s1. The number of aliphatic hydroxyl groups is 1. The summed E-state index contributed by atoms with van der Waals surface area (Å²) in [5.41, 5.74) is 2.35. The fourth-order valence-corrected chi connectivity index (χ4v) is 2.76. The third-order valence-corrected chi connectivity index (χ3v) is 3.56. The van der Waals surface area contributed by atoms with E-state index in [0.29, 0.717) is 0 Å². The molecule has 1 aliphatic rings. The summed E-state index contributed by atoms with van der Waals surface area (Å²) >= 11 is 5.19. The smallest absolute Gasteiger partial charge is 0.0883 e. The average molecular weight is 245 g/mol. The Bertz CT molecular complexity index is 301. The molecule has 1 atom stereocenters. The molecule has 1 nitrogen and oxygen atoms in total. The Hall–Kier alpha value is 0.01000. The zero-order chi connectivity index (χ0) is 8.55. The number of hydrogen-bond acceptors (Lipinski definition) is 2. The average Bonchev–Trinajstić information content (AvgIpc) is 2.07. The second kappa shape index (κ2) is 3.40. The maximum Gasteiger partial charge on any atom is 0.0883 e. The molecule has 1 N–H and O–H groups in total. The van der Waals surface area contributed by atoms with Gasteiger partial charge in [0.15, 0.2) is 0 Å². The summed E-state index contributed by atoms with van der Waals surface area (Å²) < 4.78 is 1.05. The normalized spacial score (nSPS) is 22.0. The van der Waals surface area contributed by atoms with Crippen LogP contribution >= 0.6 is 27.7 Å². The molecule has 1 aliphatic heterocycles. The van der Waals surface area contributed by atoms with E-state index < -0.39 is 0 Å². The van der Waals surface area contributed by atoms with Crippen LogP contribution in [0.15, 0.2) is 22.7 Å². The maximum atomic E-state index is 9.64. The molecule has 0 bridgehead atoms. The number of hydrogen-bond donors (Lipinski definition) is 1. The van der Waals surface area contributed by atoms with Crippen LogP contribution in [-0.4, -0.2) is 10.9 Å². The molecular formula is C9H9BrOS. The van der Waals surface area contributed by atoms with Gasteiger partial charge in [0.1, 0.15) is 0 Å². The molecule has 1 aromatic rings. The quantitative estimate of drug-likeness (QED) is 0.758. The van der Waals surface area contributed by atoms with Crippen molar-refractivity contribution in [3.8, 4) is 0 Å². The minimum absolute atomic E-state index is 0.281. The molecule has 0 aromatic heterocycles. The molecule has 1 aromatic carbocycles.